The van der Waals surface area contributed by atoms with Crippen molar-refractivity contribution < 1.29 is 14.7 Å². The van der Waals surface area contributed by atoms with Crippen molar-refractivity contribution in [2.24, 2.45) is 0 Å². The normalized spacial score (nSPS) is 10.3. The van der Waals surface area contributed by atoms with E-state index in [0.717, 1.165) is 11.3 Å². The van der Waals surface area contributed by atoms with Gasteiger partial charge < -0.3 is 15.0 Å². The van der Waals surface area contributed by atoms with Crippen molar-refractivity contribution >= 4 is 17.6 Å². The Labute approximate surface area is 116 Å². The third kappa shape index (κ3) is 2.54. The molecule has 1 aromatic heterocycles. The summed E-state index contributed by atoms with van der Waals surface area (Å²) < 4.78 is 0. The summed E-state index contributed by atoms with van der Waals surface area (Å²) in [7, 11) is 0. The summed E-state index contributed by atoms with van der Waals surface area (Å²) in [6.45, 7) is 4.18. The van der Waals surface area contributed by atoms with Crippen LogP contribution in [0.4, 0.5) is 5.69 Å². The Bertz CT molecular complexity index is 649. The van der Waals surface area contributed by atoms with E-state index in [4.69, 9.17) is 5.11 Å². The zero-order valence-electron chi connectivity index (χ0n) is 11.3. The number of nitrogens with zero attached hydrogens (tertiary/aromatic N) is 2. The lowest BCUT2D eigenvalue weighted by molar-refractivity contribution is 0.0686. The first-order chi connectivity index (χ1) is 9.54. The van der Waals surface area contributed by atoms with E-state index in [9.17, 15) is 9.59 Å². The number of anilines is 1. The molecule has 0 unspecified atom stereocenters. The van der Waals surface area contributed by atoms with Crippen LogP contribution in [0.25, 0.3) is 0 Å². The zero-order chi connectivity index (χ0) is 14.7. The van der Waals surface area contributed by atoms with Gasteiger partial charge in [0, 0.05) is 12.2 Å². The van der Waals surface area contributed by atoms with Crippen LogP contribution in [0.2, 0.25) is 0 Å². The maximum Gasteiger partial charge on any atom is 0.354 e. The molecule has 0 saturated heterocycles. The SMILES string of the molecule is CCN(C(=O)c1nc[nH]c1C(=O)O)c1cccc(C)c1. The first kappa shape index (κ1) is 13.8. The van der Waals surface area contributed by atoms with E-state index in [0.29, 0.717) is 6.54 Å². The number of rotatable bonds is 4. The molecule has 104 valence electrons. The minimum absolute atomic E-state index is 0.0825. The summed E-state index contributed by atoms with van der Waals surface area (Å²) in [6, 6.07) is 7.46. The minimum Gasteiger partial charge on any atom is -0.477 e. The van der Waals surface area contributed by atoms with E-state index in [-0.39, 0.29) is 11.4 Å². The van der Waals surface area contributed by atoms with Crippen molar-refractivity contribution in [2.45, 2.75) is 13.8 Å². The fourth-order valence-electron chi connectivity index (χ4n) is 1.99. The van der Waals surface area contributed by atoms with Gasteiger partial charge in [0.05, 0.1) is 6.33 Å². The molecule has 1 amide bonds. The van der Waals surface area contributed by atoms with Gasteiger partial charge in [0.1, 0.15) is 0 Å². The molecule has 0 bridgehead atoms. The monoisotopic (exact) mass is 273 g/mol. The van der Waals surface area contributed by atoms with Crippen molar-refractivity contribution in [2.75, 3.05) is 11.4 Å². The first-order valence-corrected chi connectivity index (χ1v) is 6.19. The van der Waals surface area contributed by atoms with E-state index in [2.05, 4.69) is 9.97 Å². The summed E-state index contributed by atoms with van der Waals surface area (Å²) in [5.74, 6) is -1.64. The fraction of sp³-hybridized carbons (Fsp3) is 0.214. The molecule has 0 saturated carbocycles. The van der Waals surface area contributed by atoms with E-state index < -0.39 is 11.9 Å². The number of carboxylic acids is 1. The van der Waals surface area contributed by atoms with Gasteiger partial charge in [-0.1, -0.05) is 12.1 Å². The fourth-order valence-corrected chi connectivity index (χ4v) is 1.99. The Morgan fingerprint density at radius 3 is 2.75 bits per heavy atom. The first-order valence-electron chi connectivity index (χ1n) is 6.19. The number of aryl methyl sites for hydroxylation is 1. The van der Waals surface area contributed by atoms with Gasteiger partial charge in [0.25, 0.3) is 5.91 Å². The predicted octanol–water partition coefficient (Wildman–Crippen LogP) is 2.08. The maximum atomic E-state index is 12.5. The highest BCUT2D eigenvalue weighted by Crippen LogP contribution is 2.19. The molecule has 0 fully saturated rings. The lowest BCUT2D eigenvalue weighted by atomic mass is 10.2. The number of aromatic carboxylic acids is 1. The summed E-state index contributed by atoms with van der Waals surface area (Å²) in [6.07, 6.45) is 1.21. The molecule has 20 heavy (non-hydrogen) atoms. The Balaban J connectivity index is 2.39. The molecule has 2 aromatic rings. The van der Waals surface area contributed by atoms with Crippen LogP contribution in [0.15, 0.2) is 30.6 Å². The van der Waals surface area contributed by atoms with Gasteiger partial charge in [-0.2, -0.15) is 0 Å². The smallest absolute Gasteiger partial charge is 0.354 e. The van der Waals surface area contributed by atoms with E-state index in [1.165, 1.54) is 11.2 Å². The van der Waals surface area contributed by atoms with Gasteiger partial charge in [-0.15, -0.1) is 0 Å². The van der Waals surface area contributed by atoms with Crippen LogP contribution < -0.4 is 4.90 Å². The lowest BCUT2D eigenvalue weighted by Crippen LogP contribution is -2.32. The van der Waals surface area contributed by atoms with Gasteiger partial charge in [-0.05, 0) is 31.5 Å². The van der Waals surface area contributed by atoms with Crippen molar-refractivity contribution in [3.63, 3.8) is 0 Å². The highest BCUT2D eigenvalue weighted by Gasteiger charge is 2.24. The van der Waals surface area contributed by atoms with E-state index in [1.54, 1.807) is 0 Å². The van der Waals surface area contributed by atoms with Crippen molar-refractivity contribution in [3.05, 3.63) is 47.5 Å². The van der Waals surface area contributed by atoms with Crippen LogP contribution in [0, 0.1) is 6.92 Å². The number of carbonyl (C=O) groups excluding carboxylic acids is 1. The lowest BCUT2D eigenvalue weighted by Gasteiger charge is -2.20. The molecule has 2 N–H and O–H groups in total. The molecule has 2 rings (SSSR count). The maximum absolute atomic E-state index is 12.5. The number of amides is 1. The number of H-pyrrole nitrogens is 1. The van der Waals surface area contributed by atoms with Crippen LogP contribution in [-0.4, -0.2) is 33.5 Å². The van der Waals surface area contributed by atoms with E-state index >= 15 is 0 Å². The van der Waals surface area contributed by atoms with Gasteiger partial charge >= 0.3 is 5.97 Å². The number of aromatic amines is 1. The molecule has 6 nitrogen and oxygen atoms in total. The van der Waals surface area contributed by atoms with Crippen molar-refractivity contribution in [1.82, 2.24) is 9.97 Å². The zero-order valence-corrected chi connectivity index (χ0v) is 11.3. The number of hydrogen-bond donors (Lipinski definition) is 2. The predicted molar refractivity (Wildman–Crippen MR) is 74.1 cm³/mol. The number of imidazole rings is 1. The molecule has 0 aliphatic heterocycles. The molecule has 1 heterocycles. The van der Waals surface area contributed by atoms with Gasteiger partial charge in [0.2, 0.25) is 0 Å². The molecule has 0 aliphatic carbocycles. The number of carboxylic acid groups (broad SMARTS) is 1. The quantitative estimate of drug-likeness (QED) is 0.893. The second kappa shape index (κ2) is 5.56. The summed E-state index contributed by atoms with van der Waals surface area (Å²) in [5, 5.41) is 9.03. The van der Waals surface area contributed by atoms with Crippen LogP contribution in [0.3, 0.4) is 0 Å². The van der Waals surface area contributed by atoms with Crippen LogP contribution in [0.1, 0.15) is 33.5 Å². The summed E-state index contributed by atoms with van der Waals surface area (Å²) in [5.41, 5.74) is 1.47. The average molecular weight is 273 g/mol. The van der Waals surface area contributed by atoms with Crippen molar-refractivity contribution in [3.8, 4) is 0 Å². The molecule has 0 aliphatic rings. The molecular formula is C14H15N3O3. The Morgan fingerprint density at radius 1 is 1.40 bits per heavy atom. The minimum atomic E-state index is -1.20. The van der Waals surface area contributed by atoms with Gasteiger partial charge in [0.15, 0.2) is 11.4 Å². The average Bonchev–Trinajstić information content (AvgIpc) is 2.89. The van der Waals surface area contributed by atoms with Crippen LogP contribution >= 0.6 is 0 Å². The summed E-state index contributed by atoms with van der Waals surface area (Å²) in [4.78, 5) is 31.3. The van der Waals surface area contributed by atoms with Gasteiger partial charge in [-0.25, -0.2) is 9.78 Å². The molecular weight excluding hydrogens is 258 g/mol. The molecule has 1 aromatic carbocycles. The number of aromatic nitrogens is 2. The number of benzene rings is 1. The summed E-state index contributed by atoms with van der Waals surface area (Å²) >= 11 is 0. The Kier molecular flexibility index (Phi) is 3.84. The number of carbonyl (C=O) groups is 2. The number of nitrogens with one attached hydrogen (secondary N) is 1. The van der Waals surface area contributed by atoms with Gasteiger partial charge in [-0.3, -0.25) is 4.79 Å². The van der Waals surface area contributed by atoms with Crippen molar-refractivity contribution in [1.29, 1.82) is 0 Å². The van der Waals surface area contributed by atoms with Crippen LogP contribution in [0.5, 0.6) is 0 Å². The second-order valence-corrected chi connectivity index (χ2v) is 4.32. The highest BCUT2D eigenvalue weighted by atomic mass is 16.4. The Hall–Kier alpha value is -2.63. The topological polar surface area (TPSA) is 86.3 Å². The van der Waals surface area contributed by atoms with Crippen LogP contribution in [-0.2, 0) is 0 Å². The third-order valence-corrected chi connectivity index (χ3v) is 2.93. The largest absolute Gasteiger partial charge is 0.477 e. The third-order valence-electron chi connectivity index (χ3n) is 2.93. The highest BCUT2D eigenvalue weighted by molar-refractivity contribution is 6.09. The second-order valence-electron chi connectivity index (χ2n) is 4.32. The molecule has 0 atom stereocenters. The Morgan fingerprint density at radius 2 is 2.15 bits per heavy atom. The molecule has 0 spiro atoms. The standard InChI is InChI=1S/C14H15N3O3/c1-3-17(10-6-4-5-9(2)7-10)13(18)11-12(14(19)20)16-8-15-11/h4-8H,3H2,1-2H3,(H,15,16)(H,19,20). The molecule has 0 radical (unpaired) electrons. The number of hydrogen-bond acceptors (Lipinski definition) is 3. The van der Waals surface area contributed by atoms with E-state index in [1.807, 2.05) is 38.1 Å². The molecule has 6 heteroatoms.